The number of hydrogen-bond donors (Lipinski definition) is 2. The lowest BCUT2D eigenvalue weighted by atomic mass is 10.2. The number of rotatable bonds is 5. The van der Waals surface area contributed by atoms with Crippen LogP contribution in [0.3, 0.4) is 0 Å². The summed E-state index contributed by atoms with van der Waals surface area (Å²) in [6.45, 7) is 1.31. The van der Waals surface area contributed by atoms with Crippen molar-refractivity contribution in [3.05, 3.63) is 66.2 Å². The molecular formula is C15H16N2O. The first-order valence-electron chi connectivity index (χ1n) is 5.98. The summed E-state index contributed by atoms with van der Waals surface area (Å²) in [5.74, 6) is -0.0366. The van der Waals surface area contributed by atoms with Crippen LogP contribution in [-0.2, 0) is 0 Å². The summed E-state index contributed by atoms with van der Waals surface area (Å²) in [5.41, 5.74) is 1.75. The smallest absolute Gasteiger partial charge is 0.251 e. The molecule has 18 heavy (non-hydrogen) atoms. The molecule has 0 atom stereocenters. The lowest BCUT2D eigenvalue weighted by Gasteiger charge is -2.07. The summed E-state index contributed by atoms with van der Waals surface area (Å²) < 4.78 is 0. The molecule has 3 nitrogen and oxygen atoms in total. The first-order valence-corrected chi connectivity index (χ1v) is 5.98. The third kappa shape index (κ3) is 3.63. The highest BCUT2D eigenvalue weighted by Gasteiger charge is 2.02. The Kier molecular flexibility index (Phi) is 4.36. The summed E-state index contributed by atoms with van der Waals surface area (Å²) in [6, 6.07) is 19.2. The van der Waals surface area contributed by atoms with Crippen molar-refractivity contribution in [3.8, 4) is 0 Å². The fourth-order valence-corrected chi connectivity index (χ4v) is 1.63. The Labute approximate surface area is 107 Å². The predicted molar refractivity (Wildman–Crippen MR) is 73.7 cm³/mol. The van der Waals surface area contributed by atoms with Crippen LogP contribution in [0.5, 0.6) is 0 Å². The van der Waals surface area contributed by atoms with Gasteiger partial charge in [0.25, 0.3) is 5.91 Å². The molecule has 1 amide bonds. The van der Waals surface area contributed by atoms with Gasteiger partial charge in [-0.25, -0.2) is 0 Å². The molecule has 2 N–H and O–H groups in total. The minimum Gasteiger partial charge on any atom is -0.383 e. The van der Waals surface area contributed by atoms with Gasteiger partial charge in [-0.1, -0.05) is 36.4 Å². The van der Waals surface area contributed by atoms with Gasteiger partial charge in [-0.3, -0.25) is 4.79 Å². The van der Waals surface area contributed by atoms with Crippen molar-refractivity contribution in [1.82, 2.24) is 5.32 Å². The van der Waals surface area contributed by atoms with Crippen molar-refractivity contribution >= 4 is 11.6 Å². The molecule has 0 bridgehead atoms. The Hall–Kier alpha value is -2.29. The van der Waals surface area contributed by atoms with Crippen LogP contribution in [0.25, 0.3) is 0 Å². The lowest BCUT2D eigenvalue weighted by molar-refractivity contribution is 0.0955. The van der Waals surface area contributed by atoms with Gasteiger partial charge in [0.2, 0.25) is 0 Å². The fraction of sp³-hybridized carbons (Fsp3) is 0.133. The van der Waals surface area contributed by atoms with Crippen LogP contribution in [0.2, 0.25) is 0 Å². The van der Waals surface area contributed by atoms with Gasteiger partial charge in [0.15, 0.2) is 0 Å². The average Bonchev–Trinajstić information content (AvgIpc) is 2.45. The van der Waals surface area contributed by atoms with Gasteiger partial charge in [-0.15, -0.1) is 0 Å². The molecule has 2 aromatic rings. The summed E-state index contributed by atoms with van der Waals surface area (Å²) >= 11 is 0. The maximum Gasteiger partial charge on any atom is 0.251 e. The molecule has 2 rings (SSSR count). The quantitative estimate of drug-likeness (QED) is 0.788. The number of amides is 1. The third-order valence-corrected chi connectivity index (χ3v) is 2.55. The Morgan fingerprint density at radius 2 is 1.44 bits per heavy atom. The van der Waals surface area contributed by atoms with Gasteiger partial charge in [0, 0.05) is 24.3 Å². The summed E-state index contributed by atoms with van der Waals surface area (Å²) in [6.07, 6.45) is 0. The number of anilines is 1. The van der Waals surface area contributed by atoms with E-state index < -0.39 is 0 Å². The summed E-state index contributed by atoms with van der Waals surface area (Å²) in [5, 5.41) is 6.10. The van der Waals surface area contributed by atoms with Gasteiger partial charge in [-0.2, -0.15) is 0 Å². The van der Waals surface area contributed by atoms with Crippen molar-refractivity contribution in [1.29, 1.82) is 0 Å². The monoisotopic (exact) mass is 240 g/mol. The van der Waals surface area contributed by atoms with E-state index in [1.54, 1.807) is 12.1 Å². The topological polar surface area (TPSA) is 41.1 Å². The Morgan fingerprint density at radius 1 is 0.833 bits per heavy atom. The van der Waals surface area contributed by atoms with Gasteiger partial charge < -0.3 is 10.6 Å². The SMILES string of the molecule is O=C(NCCNc1ccccc1)c1ccccc1. The molecule has 0 fully saturated rings. The fourth-order valence-electron chi connectivity index (χ4n) is 1.63. The second-order valence-corrected chi connectivity index (χ2v) is 3.91. The molecular weight excluding hydrogens is 224 g/mol. The molecule has 92 valence electrons. The number of hydrogen-bond acceptors (Lipinski definition) is 2. The van der Waals surface area contributed by atoms with Crippen LogP contribution in [0.4, 0.5) is 5.69 Å². The zero-order valence-electron chi connectivity index (χ0n) is 10.1. The van der Waals surface area contributed by atoms with E-state index in [2.05, 4.69) is 10.6 Å². The van der Waals surface area contributed by atoms with Crippen molar-refractivity contribution in [2.45, 2.75) is 0 Å². The van der Waals surface area contributed by atoms with Crippen LogP contribution in [0, 0.1) is 0 Å². The first-order chi connectivity index (χ1) is 8.86. The number of carbonyl (C=O) groups is 1. The van der Waals surface area contributed by atoms with E-state index in [1.807, 2.05) is 48.5 Å². The number of nitrogens with one attached hydrogen (secondary N) is 2. The molecule has 0 aliphatic rings. The minimum absolute atomic E-state index is 0.0366. The van der Waals surface area contributed by atoms with E-state index in [-0.39, 0.29) is 5.91 Å². The number of para-hydroxylation sites is 1. The molecule has 0 saturated heterocycles. The Balaban J connectivity index is 1.72. The Bertz CT molecular complexity index is 482. The van der Waals surface area contributed by atoms with E-state index in [0.717, 1.165) is 5.69 Å². The zero-order chi connectivity index (χ0) is 12.6. The van der Waals surface area contributed by atoms with Crippen LogP contribution < -0.4 is 10.6 Å². The molecule has 2 aromatic carbocycles. The zero-order valence-corrected chi connectivity index (χ0v) is 10.1. The molecule has 0 aliphatic carbocycles. The van der Waals surface area contributed by atoms with E-state index in [1.165, 1.54) is 0 Å². The van der Waals surface area contributed by atoms with E-state index in [4.69, 9.17) is 0 Å². The normalized spacial score (nSPS) is 9.78. The Morgan fingerprint density at radius 3 is 2.11 bits per heavy atom. The lowest BCUT2D eigenvalue weighted by Crippen LogP contribution is -2.28. The van der Waals surface area contributed by atoms with Crippen molar-refractivity contribution in [2.75, 3.05) is 18.4 Å². The number of carbonyl (C=O) groups excluding carboxylic acids is 1. The van der Waals surface area contributed by atoms with Crippen LogP contribution in [0.15, 0.2) is 60.7 Å². The molecule has 0 spiro atoms. The van der Waals surface area contributed by atoms with Crippen LogP contribution >= 0.6 is 0 Å². The molecule has 3 heteroatoms. The maximum absolute atomic E-state index is 11.7. The second kappa shape index (κ2) is 6.45. The highest BCUT2D eigenvalue weighted by molar-refractivity contribution is 5.94. The largest absolute Gasteiger partial charge is 0.383 e. The highest BCUT2D eigenvalue weighted by Crippen LogP contribution is 2.03. The average molecular weight is 240 g/mol. The molecule has 0 unspecified atom stereocenters. The maximum atomic E-state index is 11.7. The van der Waals surface area contributed by atoms with E-state index in [9.17, 15) is 4.79 Å². The van der Waals surface area contributed by atoms with Gasteiger partial charge >= 0.3 is 0 Å². The minimum atomic E-state index is -0.0366. The number of benzene rings is 2. The van der Waals surface area contributed by atoms with E-state index in [0.29, 0.717) is 18.7 Å². The van der Waals surface area contributed by atoms with Crippen molar-refractivity contribution in [3.63, 3.8) is 0 Å². The molecule has 0 radical (unpaired) electrons. The van der Waals surface area contributed by atoms with Gasteiger partial charge in [-0.05, 0) is 24.3 Å². The highest BCUT2D eigenvalue weighted by atomic mass is 16.1. The molecule has 0 saturated carbocycles. The molecule has 0 aromatic heterocycles. The second-order valence-electron chi connectivity index (χ2n) is 3.91. The summed E-state index contributed by atoms with van der Waals surface area (Å²) in [4.78, 5) is 11.7. The van der Waals surface area contributed by atoms with E-state index >= 15 is 0 Å². The first kappa shape index (κ1) is 12.2. The van der Waals surface area contributed by atoms with Crippen molar-refractivity contribution < 1.29 is 4.79 Å². The van der Waals surface area contributed by atoms with Crippen molar-refractivity contribution in [2.24, 2.45) is 0 Å². The van der Waals surface area contributed by atoms with Gasteiger partial charge in [0.1, 0.15) is 0 Å². The summed E-state index contributed by atoms with van der Waals surface area (Å²) in [7, 11) is 0. The van der Waals surface area contributed by atoms with Crippen LogP contribution in [0.1, 0.15) is 10.4 Å². The predicted octanol–water partition coefficient (Wildman–Crippen LogP) is 2.53. The molecule has 0 aliphatic heterocycles. The standard InChI is InChI=1S/C15H16N2O/c18-15(13-7-3-1-4-8-13)17-12-11-16-14-9-5-2-6-10-14/h1-10,16H,11-12H2,(H,17,18). The molecule has 0 heterocycles. The van der Waals surface area contributed by atoms with Gasteiger partial charge in [0.05, 0.1) is 0 Å². The van der Waals surface area contributed by atoms with Crippen LogP contribution in [-0.4, -0.2) is 19.0 Å². The third-order valence-electron chi connectivity index (χ3n) is 2.55.